The maximum Gasteiger partial charge on any atom is 0.168 e. The molecule has 4 atom stereocenters. The first kappa shape index (κ1) is 16.8. The molecule has 2 aliphatic rings. The Balaban J connectivity index is 2.35. The van der Waals surface area contributed by atoms with Gasteiger partial charge in [0.25, 0.3) is 0 Å². The summed E-state index contributed by atoms with van der Waals surface area (Å²) in [5.74, 6) is 2.15. The fourth-order valence-electron chi connectivity index (χ4n) is 4.46. The van der Waals surface area contributed by atoms with E-state index in [4.69, 9.17) is 12.2 Å². The summed E-state index contributed by atoms with van der Waals surface area (Å²) in [6, 6.07) is 0.480. The summed E-state index contributed by atoms with van der Waals surface area (Å²) in [4.78, 5) is 2.03. The standard InChI is InChI=1S/C18H32N2S/c1-12(2)15-8-7-14(4)18(10-9-13(3)11-18)16(15)19-17(21)20(5)6/h11-12,14-16H,7-10H2,1-6H3,(H,19,21). The van der Waals surface area contributed by atoms with Crippen LogP contribution in [0.4, 0.5) is 0 Å². The van der Waals surface area contributed by atoms with Crippen molar-refractivity contribution in [2.75, 3.05) is 14.1 Å². The van der Waals surface area contributed by atoms with Crippen molar-refractivity contribution in [1.82, 2.24) is 10.2 Å². The van der Waals surface area contributed by atoms with Crippen LogP contribution in [0.3, 0.4) is 0 Å². The van der Waals surface area contributed by atoms with Crippen LogP contribution in [0.25, 0.3) is 0 Å². The van der Waals surface area contributed by atoms with Crippen molar-refractivity contribution < 1.29 is 0 Å². The average Bonchev–Trinajstić information content (AvgIpc) is 2.78. The van der Waals surface area contributed by atoms with Gasteiger partial charge in [0.15, 0.2) is 5.11 Å². The van der Waals surface area contributed by atoms with E-state index in [2.05, 4.69) is 39.1 Å². The third-order valence-corrected chi connectivity index (χ3v) is 6.35. The van der Waals surface area contributed by atoms with E-state index in [0.29, 0.717) is 23.3 Å². The van der Waals surface area contributed by atoms with Gasteiger partial charge in [-0.15, -0.1) is 0 Å². The van der Waals surface area contributed by atoms with E-state index in [1.165, 1.54) is 25.7 Å². The van der Waals surface area contributed by atoms with Crippen molar-refractivity contribution in [3.8, 4) is 0 Å². The van der Waals surface area contributed by atoms with Crippen LogP contribution in [0.1, 0.15) is 53.4 Å². The molecule has 0 radical (unpaired) electrons. The Labute approximate surface area is 136 Å². The second kappa shape index (κ2) is 6.28. The zero-order chi connectivity index (χ0) is 15.8. The molecule has 0 heterocycles. The van der Waals surface area contributed by atoms with Gasteiger partial charge in [-0.2, -0.15) is 0 Å². The molecule has 0 aromatic carbocycles. The molecule has 0 bridgehead atoms. The van der Waals surface area contributed by atoms with Gasteiger partial charge < -0.3 is 10.2 Å². The van der Waals surface area contributed by atoms with Gasteiger partial charge in [0.2, 0.25) is 0 Å². The molecule has 0 saturated heterocycles. The van der Waals surface area contributed by atoms with E-state index in [9.17, 15) is 0 Å². The van der Waals surface area contributed by atoms with Crippen molar-refractivity contribution in [1.29, 1.82) is 0 Å². The fraction of sp³-hybridized carbons (Fsp3) is 0.833. The van der Waals surface area contributed by atoms with E-state index in [1.807, 2.05) is 19.0 Å². The average molecular weight is 309 g/mol. The summed E-state index contributed by atoms with van der Waals surface area (Å²) >= 11 is 5.58. The summed E-state index contributed by atoms with van der Waals surface area (Å²) in [5, 5.41) is 4.63. The van der Waals surface area contributed by atoms with Crippen LogP contribution < -0.4 is 5.32 Å². The van der Waals surface area contributed by atoms with Crippen molar-refractivity contribution in [3.63, 3.8) is 0 Å². The van der Waals surface area contributed by atoms with E-state index in [0.717, 1.165) is 11.0 Å². The van der Waals surface area contributed by atoms with Crippen molar-refractivity contribution in [2.24, 2.45) is 23.2 Å². The van der Waals surface area contributed by atoms with Crippen LogP contribution in [0, 0.1) is 23.2 Å². The SMILES string of the molecule is CC1=CC2(CC1)C(C)CCC(C(C)C)C2NC(=S)N(C)C. The Kier molecular flexibility index (Phi) is 5.02. The molecule has 2 rings (SSSR count). The van der Waals surface area contributed by atoms with E-state index >= 15 is 0 Å². The quantitative estimate of drug-likeness (QED) is 0.607. The molecule has 0 amide bonds. The van der Waals surface area contributed by atoms with Crippen LogP contribution >= 0.6 is 12.2 Å². The summed E-state index contributed by atoms with van der Waals surface area (Å²) in [7, 11) is 4.07. The van der Waals surface area contributed by atoms with Crippen molar-refractivity contribution in [2.45, 2.75) is 59.4 Å². The first-order valence-corrected chi connectivity index (χ1v) is 8.85. The Morgan fingerprint density at radius 3 is 2.52 bits per heavy atom. The Bertz CT molecular complexity index is 427. The largest absolute Gasteiger partial charge is 0.359 e. The zero-order valence-electron chi connectivity index (χ0n) is 14.6. The number of allylic oxidation sites excluding steroid dienone is 1. The molecule has 1 saturated carbocycles. The summed E-state index contributed by atoms with van der Waals surface area (Å²) in [6.45, 7) is 9.47. The molecule has 3 heteroatoms. The molecular weight excluding hydrogens is 276 g/mol. The smallest absolute Gasteiger partial charge is 0.168 e. The zero-order valence-corrected chi connectivity index (χ0v) is 15.4. The molecule has 1 spiro atoms. The van der Waals surface area contributed by atoms with E-state index < -0.39 is 0 Å². The highest BCUT2D eigenvalue weighted by atomic mass is 32.1. The maximum atomic E-state index is 5.58. The Morgan fingerprint density at radius 1 is 1.38 bits per heavy atom. The molecule has 2 aliphatic carbocycles. The first-order valence-electron chi connectivity index (χ1n) is 8.44. The van der Waals surface area contributed by atoms with Gasteiger partial charge in [0.1, 0.15) is 0 Å². The molecule has 0 aliphatic heterocycles. The van der Waals surface area contributed by atoms with E-state index in [1.54, 1.807) is 5.57 Å². The lowest BCUT2D eigenvalue weighted by Gasteiger charge is -2.51. The summed E-state index contributed by atoms with van der Waals surface area (Å²) in [5.41, 5.74) is 1.87. The predicted molar refractivity (Wildman–Crippen MR) is 95.4 cm³/mol. The maximum absolute atomic E-state index is 5.58. The van der Waals surface area contributed by atoms with Gasteiger partial charge in [-0.3, -0.25) is 0 Å². The van der Waals surface area contributed by atoms with Gasteiger partial charge in [0, 0.05) is 25.6 Å². The Hall–Kier alpha value is -0.570. The van der Waals surface area contributed by atoms with Crippen molar-refractivity contribution >= 4 is 17.3 Å². The third-order valence-electron chi connectivity index (χ3n) is 5.87. The number of hydrogen-bond donors (Lipinski definition) is 1. The van der Waals surface area contributed by atoms with Crippen molar-refractivity contribution in [3.05, 3.63) is 11.6 Å². The van der Waals surface area contributed by atoms with Crippen LogP contribution in [0.15, 0.2) is 11.6 Å². The third kappa shape index (κ3) is 3.13. The number of nitrogens with zero attached hydrogens (tertiary/aromatic N) is 1. The highest BCUT2D eigenvalue weighted by molar-refractivity contribution is 7.80. The number of hydrogen-bond acceptors (Lipinski definition) is 1. The number of thiocarbonyl (C=S) groups is 1. The minimum atomic E-state index is 0.303. The minimum absolute atomic E-state index is 0.303. The molecule has 1 fully saturated rings. The highest BCUT2D eigenvalue weighted by Crippen LogP contribution is 2.53. The summed E-state index contributed by atoms with van der Waals surface area (Å²) in [6.07, 6.45) is 7.79. The molecular formula is C18H32N2S. The molecule has 0 aromatic rings. The second-order valence-corrected chi connectivity index (χ2v) is 8.20. The highest BCUT2D eigenvalue weighted by Gasteiger charge is 2.50. The van der Waals surface area contributed by atoms with Gasteiger partial charge in [0.05, 0.1) is 0 Å². The topological polar surface area (TPSA) is 15.3 Å². The van der Waals surface area contributed by atoms with Gasteiger partial charge in [-0.1, -0.05) is 32.4 Å². The normalized spacial score (nSPS) is 36.0. The lowest BCUT2D eigenvalue weighted by Crippen LogP contribution is -2.58. The van der Waals surface area contributed by atoms with E-state index in [-0.39, 0.29) is 0 Å². The van der Waals surface area contributed by atoms with Crippen LogP contribution in [0.2, 0.25) is 0 Å². The van der Waals surface area contributed by atoms with Gasteiger partial charge >= 0.3 is 0 Å². The molecule has 2 nitrogen and oxygen atoms in total. The summed E-state index contributed by atoms with van der Waals surface area (Å²) < 4.78 is 0. The molecule has 120 valence electrons. The number of rotatable bonds is 2. The van der Waals surface area contributed by atoms with Gasteiger partial charge in [-0.25, -0.2) is 0 Å². The van der Waals surface area contributed by atoms with Gasteiger partial charge in [-0.05, 0) is 62.6 Å². The molecule has 1 N–H and O–H groups in total. The van der Waals surface area contributed by atoms with Crippen LogP contribution in [-0.4, -0.2) is 30.1 Å². The second-order valence-electron chi connectivity index (χ2n) is 7.81. The lowest BCUT2D eigenvalue weighted by atomic mass is 9.58. The monoisotopic (exact) mass is 308 g/mol. The van der Waals surface area contributed by atoms with Crippen LogP contribution in [-0.2, 0) is 0 Å². The minimum Gasteiger partial charge on any atom is -0.359 e. The number of nitrogens with one attached hydrogen (secondary N) is 1. The first-order chi connectivity index (χ1) is 9.78. The predicted octanol–water partition coefficient (Wildman–Crippen LogP) is 4.22. The Morgan fingerprint density at radius 2 is 2.05 bits per heavy atom. The molecule has 21 heavy (non-hydrogen) atoms. The van der Waals surface area contributed by atoms with Crippen LogP contribution in [0.5, 0.6) is 0 Å². The molecule has 0 aromatic heterocycles. The molecule has 4 unspecified atom stereocenters. The fourth-order valence-corrected chi connectivity index (χ4v) is 4.58. The lowest BCUT2D eigenvalue weighted by molar-refractivity contribution is 0.0503.